The molecule has 0 radical (unpaired) electrons. The second-order valence-corrected chi connectivity index (χ2v) is 4.50. The minimum Gasteiger partial charge on any atom is -0.493 e. The summed E-state index contributed by atoms with van der Waals surface area (Å²) < 4.78 is 20.8. The van der Waals surface area contributed by atoms with Gasteiger partial charge in [0.05, 0.1) is 27.9 Å². The first-order valence-corrected chi connectivity index (χ1v) is 7.00. The number of ether oxygens (including phenoxy) is 4. The standard InChI is InChI=1S/C15H19N3O5/c1-5-23-13(19)8-12-16-15(18-17-12)9-6-10(20-2)14(22-4)11(7-9)21-3/h6-7H,5,8H2,1-4H3,(H,16,17,18). The van der Waals surface area contributed by atoms with Crippen molar-refractivity contribution in [3.05, 3.63) is 18.0 Å². The molecule has 8 nitrogen and oxygen atoms in total. The van der Waals surface area contributed by atoms with E-state index in [0.717, 1.165) is 0 Å². The summed E-state index contributed by atoms with van der Waals surface area (Å²) in [5, 5.41) is 6.83. The van der Waals surface area contributed by atoms with Crippen LogP contribution in [0.1, 0.15) is 12.7 Å². The number of aromatic nitrogens is 3. The molecule has 8 heteroatoms. The molecule has 124 valence electrons. The fraction of sp³-hybridized carbons (Fsp3) is 0.400. The summed E-state index contributed by atoms with van der Waals surface area (Å²) in [6.07, 6.45) is 0.0330. The molecule has 1 aromatic carbocycles. The van der Waals surface area contributed by atoms with E-state index >= 15 is 0 Å². The number of rotatable bonds is 7. The molecule has 1 heterocycles. The minimum absolute atomic E-state index is 0.0330. The van der Waals surface area contributed by atoms with Gasteiger partial charge in [-0.2, -0.15) is 5.10 Å². The van der Waals surface area contributed by atoms with Crippen molar-refractivity contribution >= 4 is 5.97 Å². The van der Waals surface area contributed by atoms with Crippen molar-refractivity contribution in [2.24, 2.45) is 0 Å². The van der Waals surface area contributed by atoms with Crippen LogP contribution in [0, 0.1) is 0 Å². The van der Waals surface area contributed by atoms with Crippen molar-refractivity contribution in [1.82, 2.24) is 15.2 Å². The van der Waals surface area contributed by atoms with Crippen molar-refractivity contribution in [2.45, 2.75) is 13.3 Å². The third kappa shape index (κ3) is 3.71. The monoisotopic (exact) mass is 321 g/mol. The Balaban J connectivity index is 2.31. The normalized spacial score (nSPS) is 10.3. The number of H-pyrrole nitrogens is 1. The second-order valence-electron chi connectivity index (χ2n) is 4.50. The molecule has 1 N–H and O–H groups in total. The maximum absolute atomic E-state index is 11.5. The van der Waals surface area contributed by atoms with Crippen molar-refractivity contribution in [3.63, 3.8) is 0 Å². The number of carbonyl (C=O) groups excluding carboxylic acids is 1. The largest absolute Gasteiger partial charge is 0.493 e. The van der Waals surface area contributed by atoms with Crippen LogP contribution in [0.15, 0.2) is 12.1 Å². The zero-order valence-electron chi connectivity index (χ0n) is 13.5. The molecular weight excluding hydrogens is 302 g/mol. The highest BCUT2D eigenvalue weighted by Crippen LogP contribution is 2.40. The molecule has 2 aromatic rings. The first kappa shape index (κ1) is 16.6. The average Bonchev–Trinajstić information content (AvgIpc) is 3.01. The van der Waals surface area contributed by atoms with Crippen LogP contribution in [0.5, 0.6) is 17.2 Å². The van der Waals surface area contributed by atoms with E-state index in [0.29, 0.717) is 41.1 Å². The van der Waals surface area contributed by atoms with E-state index in [9.17, 15) is 4.79 Å². The van der Waals surface area contributed by atoms with E-state index in [2.05, 4.69) is 15.2 Å². The zero-order valence-corrected chi connectivity index (χ0v) is 13.5. The van der Waals surface area contributed by atoms with Crippen LogP contribution in [-0.2, 0) is 16.0 Å². The van der Waals surface area contributed by atoms with Gasteiger partial charge in [-0.1, -0.05) is 0 Å². The van der Waals surface area contributed by atoms with Gasteiger partial charge in [0.1, 0.15) is 12.2 Å². The maximum atomic E-state index is 11.5. The molecule has 0 aliphatic rings. The Morgan fingerprint density at radius 3 is 2.30 bits per heavy atom. The van der Waals surface area contributed by atoms with Gasteiger partial charge in [0.25, 0.3) is 0 Å². The molecular formula is C15H19N3O5. The van der Waals surface area contributed by atoms with Crippen LogP contribution in [0.3, 0.4) is 0 Å². The highest BCUT2D eigenvalue weighted by Gasteiger charge is 2.17. The van der Waals surface area contributed by atoms with E-state index in [1.54, 1.807) is 19.1 Å². The van der Waals surface area contributed by atoms with E-state index in [1.807, 2.05) is 0 Å². The van der Waals surface area contributed by atoms with Crippen LogP contribution in [0.2, 0.25) is 0 Å². The van der Waals surface area contributed by atoms with Gasteiger partial charge in [-0.05, 0) is 19.1 Å². The van der Waals surface area contributed by atoms with Crippen molar-refractivity contribution < 1.29 is 23.7 Å². The number of nitrogens with one attached hydrogen (secondary N) is 1. The lowest BCUT2D eigenvalue weighted by Crippen LogP contribution is -2.08. The summed E-state index contributed by atoms with van der Waals surface area (Å²) in [5.74, 6) is 1.97. The van der Waals surface area contributed by atoms with E-state index < -0.39 is 0 Å². The number of hydrogen-bond acceptors (Lipinski definition) is 7. The Hall–Kier alpha value is -2.77. The lowest BCUT2D eigenvalue weighted by molar-refractivity contribution is -0.142. The summed E-state index contributed by atoms with van der Waals surface area (Å²) in [5.41, 5.74) is 0.672. The zero-order chi connectivity index (χ0) is 16.8. The number of benzene rings is 1. The molecule has 0 amide bonds. The van der Waals surface area contributed by atoms with Gasteiger partial charge in [0.15, 0.2) is 17.3 Å². The van der Waals surface area contributed by atoms with Crippen molar-refractivity contribution in [2.75, 3.05) is 27.9 Å². The predicted molar refractivity (Wildman–Crippen MR) is 81.8 cm³/mol. The summed E-state index contributed by atoms with van der Waals surface area (Å²) in [6, 6.07) is 3.47. The van der Waals surface area contributed by atoms with Gasteiger partial charge in [-0.25, -0.2) is 4.98 Å². The van der Waals surface area contributed by atoms with Crippen LogP contribution in [-0.4, -0.2) is 49.1 Å². The predicted octanol–water partition coefficient (Wildman–Crippen LogP) is 1.60. The van der Waals surface area contributed by atoms with Gasteiger partial charge in [-0.15, -0.1) is 0 Å². The third-order valence-corrected chi connectivity index (χ3v) is 3.07. The maximum Gasteiger partial charge on any atom is 0.313 e. The molecule has 0 aliphatic carbocycles. The summed E-state index contributed by atoms with van der Waals surface area (Å²) >= 11 is 0. The molecule has 0 atom stereocenters. The summed E-state index contributed by atoms with van der Waals surface area (Å²) in [4.78, 5) is 15.8. The minimum atomic E-state index is -0.361. The van der Waals surface area contributed by atoms with Crippen LogP contribution in [0.25, 0.3) is 11.4 Å². The lowest BCUT2D eigenvalue weighted by atomic mass is 10.1. The van der Waals surface area contributed by atoms with Gasteiger partial charge in [0.2, 0.25) is 5.75 Å². The fourth-order valence-electron chi connectivity index (χ4n) is 2.06. The Labute approximate surface area is 133 Å². The van der Waals surface area contributed by atoms with E-state index in [1.165, 1.54) is 21.3 Å². The van der Waals surface area contributed by atoms with Gasteiger partial charge in [0, 0.05) is 5.56 Å². The van der Waals surface area contributed by atoms with Crippen molar-refractivity contribution in [3.8, 4) is 28.6 Å². The molecule has 0 bridgehead atoms. The average molecular weight is 321 g/mol. The molecule has 0 saturated heterocycles. The highest BCUT2D eigenvalue weighted by molar-refractivity contribution is 5.72. The molecule has 0 fully saturated rings. The first-order chi connectivity index (χ1) is 11.1. The number of methoxy groups -OCH3 is 3. The Morgan fingerprint density at radius 1 is 1.13 bits per heavy atom. The molecule has 0 saturated carbocycles. The molecule has 0 unspecified atom stereocenters. The van der Waals surface area contributed by atoms with Gasteiger partial charge in [-0.3, -0.25) is 9.89 Å². The Kier molecular flexibility index (Phi) is 5.40. The molecule has 0 aliphatic heterocycles. The molecule has 23 heavy (non-hydrogen) atoms. The number of esters is 1. The number of nitrogens with zero attached hydrogens (tertiary/aromatic N) is 2. The fourth-order valence-corrected chi connectivity index (χ4v) is 2.06. The summed E-state index contributed by atoms with van der Waals surface area (Å²) in [6.45, 7) is 2.08. The Morgan fingerprint density at radius 2 is 1.78 bits per heavy atom. The van der Waals surface area contributed by atoms with Gasteiger partial charge >= 0.3 is 5.97 Å². The SMILES string of the molecule is CCOC(=O)Cc1nc(-c2cc(OC)c(OC)c(OC)c2)n[nH]1. The first-order valence-electron chi connectivity index (χ1n) is 7.00. The second kappa shape index (κ2) is 7.48. The van der Waals surface area contributed by atoms with Crippen LogP contribution < -0.4 is 14.2 Å². The van der Waals surface area contributed by atoms with E-state index in [-0.39, 0.29) is 12.4 Å². The van der Waals surface area contributed by atoms with Gasteiger partial charge < -0.3 is 18.9 Å². The lowest BCUT2D eigenvalue weighted by Gasteiger charge is -2.12. The summed E-state index contributed by atoms with van der Waals surface area (Å²) in [7, 11) is 4.60. The number of carbonyl (C=O) groups is 1. The number of hydrogen-bond donors (Lipinski definition) is 1. The molecule has 0 spiro atoms. The quantitative estimate of drug-likeness (QED) is 0.774. The smallest absolute Gasteiger partial charge is 0.313 e. The van der Waals surface area contributed by atoms with Crippen molar-refractivity contribution in [1.29, 1.82) is 0 Å². The topological polar surface area (TPSA) is 95.6 Å². The van der Waals surface area contributed by atoms with Crippen LogP contribution >= 0.6 is 0 Å². The van der Waals surface area contributed by atoms with Crippen LogP contribution in [0.4, 0.5) is 0 Å². The molecule has 2 rings (SSSR count). The van der Waals surface area contributed by atoms with E-state index in [4.69, 9.17) is 18.9 Å². The highest BCUT2D eigenvalue weighted by atomic mass is 16.5. The number of aromatic amines is 1. The third-order valence-electron chi connectivity index (χ3n) is 3.07. The Bertz CT molecular complexity index is 658. The molecule has 1 aromatic heterocycles.